The monoisotopic (exact) mass is 291 g/mol. The third kappa shape index (κ3) is 4.44. The van der Waals surface area contributed by atoms with Gasteiger partial charge in [0.15, 0.2) is 0 Å². The number of hydrogen-bond acceptors (Lipinski definition) is 4. The van der Waals surface area contributed by atoms with E-state index in [1.54, 1.807) is 0 Å². The highest BCUT2D eigenvalue weighted by Gasteiger charge is 2.23. The maximum absolute atomic E-state index is 12.2. The second-order valence-electron chi connectivity index (χ2n) is 5.77. The highest BCUT2D eigenvalue weighted by molar-refractivity contribution is 5.95. The molecule has 0 aliphatic carbocycles. The zero-order valence-corrected chi connectivity index (χ0v) is 12.6. The Morgan fingerprint density at radius 2 is 2.29 bits per heavy atom. The van der Waals surface area contributed by atoms with Crippen LogP contribution in [0.25, 0.3) is 0 Å². The molecule has 116 valence electrons. The van der Waals surface area contributed by atoms with E-state index in [0.717, 1.165) is 31.4 Å². The Labute approximate surface area is 126 Å². The number of carbonyl (C=O) groups excluding carboxylic acids is 1. The highest BCUT2D eigenvalue weighted by atomic mass is 16.3. The summed E-state index contributed by atoms with van der Waals surface area (Å²) in [5.74, 6) is -0.0459. The molecular formula is C16H25N3O2. The van der Waals surface area contributed by atoms with Gasteiger partial charge in [-0.1, -0.05) is 12.5 Å². The van der Waals surface area contributed by atoms with Gasteiger partial charge in [0.25, 0.3) is 0 Å². The molecule has 0 aromatic heterocycles. The average Bonchev–Trinajstić information content (AvgIpc) is 2.44. The topological polar surface area (TPSA) is 78.6 Å². The molecule has 0 bridgehead atoms. The van der Waals surface area contributed by atoms with Gasteiger partial charge in [-0.2, -0.15) is 0 Å². The van der Waals surface area contributed by atoms with Crippen LogP contribution in [0, 0.1) is 6.92 Å². The lowest BCUT2D eigenvalue weighted by atomic mass is 9.99. The first kappa shape index (κ1) is 15.8. The van der Waals surface area contributed by atoms with Gasteiger partial charge in [-0.05, 0) is 50.4 Å². The number of likely N-dealkylation sites (tertiary alicyclic amines) is 1. The van der Waals surface area contributed by atoms with Gasteiger partial charge in [0.1, 0.15) is 0 Å². The Bertz CT molecular complexity index is 488. The van der Waals surface area contributed by atoms with E-state index < -0.39 is 0 Å². The van der Waals surface area contributed by atoms with Gasteiger partial charge in [-0.25, -0.2) is 0 Å². The van der Waals surface area contributed by atoms with Crippen molar-refractivity contribution in [3.05, 3.63) is 23.8 Å². The number of amides is 1. The van der Waals surface area contributed by atoms with Crippen molar-refractivity contribution in [1.29, 1.82) is 0 Å². The van der Waals surface area contributed by atoms with Crippen molar-refractivity contribution in [2.45, 2.75) is 38.6 Å². The predicted octanol–water partition coefficient (Wildman–Crippen LogP) is 1.75. The van der Waals surface area contributed by atoms with Gasteiger partial charge < -0.3 is 16.2 Å². The van der Waals surface area contributed by atoms with Gasteiger partial charge in [-0.15, -0.1) is 0 Å². The third-order valence-electron chi connectivity index (χ3n) is 4.04. The predicted molar refractivity (Wildman–Crippen MR) is 85.1 cm³/mol. The normalized spacial score (nSPS) is 19.4. The number of aliphatic hydroxyl groups is 1. The summed E-state index contributed by atoms with van der Waals surface area (Å²) >= 11 is 0. The fraction of sp³-hybridized carbons (Fsp3) is 0.562. The molecule has 1 unspecified atom stereocenters. The number of carbonyl (C=O) groups is 1. The zero-order valence-electron chi connectivity index (χ0n) is 12.6. The number of piperidine rings is 1. The van der Waals surface area contributed by atoms with Gasteiger partial charge >= 0.3 is 0 Å². The molecule has 0 radical (unpaired) electrons. The van der Waals surface area contributed by atoms with Gasteiger partial charge in [-0.3, -0.25) is 9.69 Å². The minimum absolute atomic E-state index is 0.0459. The smallest absolute Gasteiger partial charge is 0.238 e. The quantitative estimate of drug-likeness (QED) is 0.722. The van der Waals surface area contributed by atoms with Crippen LogP contribution in [0.4, 0.5) is 11.4 Å². The molecule has 1 heterocycles. The van der Waals surface area contributed by atoms with Crippen LogP contribution in [0.1, 0.15) is 31.2 Å². The van der Waals surface area contributed by atoms with Crippen LogP contribution in [-0.2, 0) is 4.79 Å². The molecule has 1 aliphatic heterocycles. The number of rotatable bonds is 5. The van der Waals surface area contributed by atoms with E-state index in [0.29, 0.717) is 24.0 Å². The summed E-state index contributed by atoms with van der Waals surface area (Å²) in [5, 5.41) is 12.0. The molecule has 1 amide bonds. The van der Waals surface area contributed by atoms with Crippen LogP contribution >= 0.6 is 0 Å². The molecule has 1 aromatic carbocycles. The molecule has 1 saturated heterocycles. The number of nitrogens with zero attached hydrogens (tertiary/aromatic N) is 1. The maximum Gasteiger partial charge on any atom is 0.238 e. The number of aryl methyl sites for hydroxylation is 1. The van der Waals surface area contributed by atoms with E-state index in [2.05, 4.69) is 10.2 Å². The van der Waals surface area contributed by atoms with Crippen LogP contribution in [0.3, 0.4) is 0 Å². The van der Waals surface area contributed by atoms with Gasteiger partial charge in [0, 0.05) is 12.6 Å². The van der Waals surface area contributed by atoms with Crippen molar-refractivity contribution >= 4 is 17.3 Å². The number of nitrogens with one attached hydrogen (secondary N) is 1. The first-order chi connectivity index (χ1) is 10.1. The van der Waals surface area contributed by atoms with Crippen molar-refractivity contribution in [3.8, 4) is 0 Å². The zero-order chi connectivity index (χ0) is 15.2. The van der Waals surface area contributed by atoms with Crippen LogP contribution in [-0.4, -0.2) is 41.7 Å². The Kier molecular flexibility index (Phi) is 5.59. The van der Waals surface area contributed by atoms with Gasteiger partial charge in [0.2, 0.25) is 5.91 Å². The summed E-state index contributed by atoms with van der Waals surface area (Å²) < 4.78 is 0. The second kappa shape index (κ2) is 7.43. The van der Waals surface area contributed by atoms with E-state index in [-0.39, 0.29) is 12.5 Å². The molecule has 0 spiro atoms. The fourth-order valence-electron chi connectivity index (χ4n) is 2.91. The first-order valence-electron chi connectivity index (χ1n) is 7.61. The van der Waals surface area contributed by atoms with Crippen molar-refractivity contribution in [2.75, 3.05) is 30.7 Å². The molecule has 1 fully saturated rings. The molecule has 5 heteroatoms. The lowest BCUT2D eigenvalue weighted by Gasteiger charge is -2.34. The minimum atomic E-state index is -0.0459. The van der Waals surface area contributed by atoms with E-state index in [4.69, 9.17) is 10.8 Å². The minimum Gasteiger partial charge on any atom is -0.397 e. The number of nitrogen functional groups attached to an aromatic ring is 1. The number of benzene rings is 1. The third-order valence-corrected chi connectivity index (χ3v) is 4.04. The maximum atomic E-state index is 12.2. The molecule has 2 rings (SSSR count). The Morgan fingerprint density at radius 1 is 1.48 bits per heavy atom. The Balaban J connectivity index is 1.93. The molecule has 21 heavy (non-hydrogen) atoms. The molecule has 1 aromatic rings. The van der Waals surface area contributed by atoms with Crippen molar-refractivity contribution in [1.82, 2.24) is 4.90 Å². The van der Waals surface area contributed by atoms with Crippen molar-refractivity contribution in [3.63, 3.8) is 0 Å². The van der Waals surface area contributed by atoms with Gasteiger partial charge in [0.05, 0.1) is 17.9 Å². The summed E-state index contributed by atoms with van der Waals surface area (Å²) in [7, 11) is 0. The van der Waals surface area contributed by atoms with Crippen LogP contribution in [0.2, 0.25) is 0 Å². The molecule has 1 atom stereocenters. The molecule has 0 saturated carbocycles. The highest BCUT2D eigenvalue weighted by Crippen LogP contribution is 2.21. The number of nitrogens with two attached hydrogens (primary N) is 1. The summed E-state index contributed by atoms with van der Waals surface area (Å²) in [6.45, 7) is 3.42. The molecule has 1 aliphatic rings. The van der Waals surface area contributed by atoms with Crippen molar-refractivity contribution in [2.24, 2.45) is 0 Å². The average molecular weight is 291 g/mol. The first-order valence-corrected chi connectivity index (χ1v) is 7.61. The number of hydrogen-bond donors (Lipinski definition) is 3. The van der Waals surface area contributed by atoms with Crippen LogP contribution in [0.5, 0.6) is 0 Å². The lowest BCUT2D eigenvalue weighted by Crippen LogP contribution is -2.44. The van der Waals surface area contributed by atoms with E-state index in [1.807, 2.05) is 25.1 Å². The second-order valence-corrected chi connectivity index (χ2v) is 5.77. The summed E-state index contributed by atoms with van der Waals surface area (Å²) in [4.78, 5) is 14.4. The summed E-state index contributed by atoms with van der Waals surface area (Å²) in [6.07, 6.45) is 4.08. The molecular weight excluding hydrogens is 266 g/mol. The Hall–Kier alpha value is -1.59. The number of aliphatic hydroxyl groups excluding tert-OH is 1. The summed E-state index contributed by atoms with van der Waals surface area (Å²) in [5.41, 5.74) is 8.25. The largest absolute Gasteiger partial charge is 0.397 e. The van der Waals surface area contributed by atoms with E-state index in [1.165, 1.54) is 6.42 Å². The lowest BCUT2D eigenvalue weighted by molar-refractivity contribution is -0.118. The Morgan fingerprint density at radius 3 is 3.00 bits per heavy atom. The fourth-order valence-corrected chi connectivity index (χ4v) is 2.91. The SMILES string of the molecule is Cc1ccc(NC(=O)CN2CCCCC2CCO)c(N)c1. The van der Waals surface area contributed by atoms with E-state index >= 15 is 0 Å². The molecule has 5 nitrogen and oxygen atoms in total. The standard InChI is InChI=1S/C16H25N3O2/c1-12-5-6-15(14(17)10-12)18-16(21)11-19-8-3-2-4-13(19)7-9-20/h5-6,10,13,20H,2-4,7-9,11,17H2,1H3,(H,18,21). The summed E-state index contributed by atoms with van der Waals surface area (Å²) in [6, 6.07) is 5.93. The van der Waals surface area contributed by atoms with Crippen LogP contribution < -0.4 is 11.1 Å². The number of anilines is 2. The van der Waals surface area contributed by atoms with Crippen LogP contribution in [0.15, 0.2) is 18.2 Å². The van der Waals surface area contributed by atoms with E-state index in [9.17, 15) is 4.79 Å². The van der Waals surface area contributed by atoms with Crippen molar-refractivity contribution < 1.29 is 9.90 Å². The molecule has 4 N–H and O–H groups in total.